The number of fused-ring (bicyclic) bond motifs is 3. The lowest BCUT2D eigenvalue weighted by Crippen LogP contribution is -2.29. The third-order valence-electron chi connectivity index (χ3n) is 4.22. The number of nitrogens with zero attached hydrogens (tertiary/aromatic N) is 2. The van der Waals surface area contributed by atoms with Gasteiger partial charge in [-0.25, -0.2) is 4.98 Å². The first-order valence-corrected chi connectivity index (χ1v) is 8.99. The fraction of sp³-hybridized carbons (Fsp3) is 0.562. The second-order valence-electron chi connectivity index (χ2n) is 5.88. The van der Waals surface area contributed by atoms with Gasteiger partial charge in [0, 0.05) is 24.4 Å². The van der Waals surface area contributed by atoms with Crippen LogP contribution in [0.2, 0.25) is 0 Å². The summed E-state index contributed by atoms with van der Waals surface area (Å²) in [4.78, 5) is 31.1. The SMILES string of the molecule is Cl.NCCCNC(=O)CCn1cnc2sc3c(c2c1=O)CCCC3. The smallest absolute Gasteiger partial charge is 0.262 e. The van der Waals surface area contributed by atoms with Crippen molar-refractivity contribution in [2.75, 3.05) is 13.1 Å². The molecule has 0 bridgehead atoms. The van der Waals surface area contributed by atoms with E-state index < -0.39 is 0 Å². The number of aryl methyl sites for hydroxylation is 3. The molecule has 0 saturated heterocycles. The molecule has 132 valence electrons. The molecule has 0 radical (unpaired) electrons. The fourth-order valence-electron chi connectivity index (χ4n) is 2.98. The van der Waals surface area contributed by atoms with Gasteiger partial charge in [0.05, 0.1) is 11.7 Å². The van der Waals surface area contributed by atoms with Gasteiger partial charge in [-0.3, -0.25) is 14.2 Å². The average Bonchev–Trinajstić information content (AvgIpc) is 2.93. The first kappa shape index (κ1) is 18.9. The zero-order valence-electron chi connectivity index (χ0n) is 13.5. The van der Waals surface area contributed by atoms with E-state index in [0.29, 0.717) is 19.6 Å². The van der Waals surface area contributed by atoms with Gasteiger partial charge in [-0.05, 0) is 44.2 Å². The highest BCUT2D eigenvalue weighted by atomic mass is 35.5. The monoisotopic (exact) mass is 370 g/mol. The first-order chi connectivity index (χ1) is 11.2. The Morgan fingerprint density at radius 1 is 1.38 bits per heavy atom. The van der Waals surface area contributed by atoms with E-state index in [1.807, 2.05) is 0 Å². The number of halogens is 1. The van der Waals surface area contributed by atoms with Gasteiger partial charge >= 0.3 is 0 Å². The lowest BCUT2D eigenvalue weighted by molar-refractivity contribution is -0.121. The summed E-state index contributed by atoms with van der Waals surface area (Å²) >= 11 is 1.65. The Balaban J connectivity index is 0.00000208. The molecule has 8 heteroatoms. The second kappa shape index (κ2) is 8.60. The largest absolute Gasteiger partial charge is 0.356 e. The Morgan fingerprint density at radius 2 is 2.17 bits per heavy atom. The summed E-state index contributed by atoms with van der Waals surface area (Å²) in [5.41, 5.74) is 6.57. The summed E-state index contributed by atoms with van der Waals surface area (Å²) in [6, 6.07) is 0. The van der Waals surface area contributed by atoms with Crippen LogP contribution in [0.15, 0.2) is 11.1 Å². The van der Waals surface area contributed by atoms with Crippen molar-refractivity contribution in [3.8, 4) is 0 Å². The maximum atomic E-state index is 12.7. The standard InChI is InChI=1S/C16H22N4O2S.ClH/c17-7-3-8-18-13(21)6-9-20-10-19-15-14(16(20)22)11-4-1-2-5-12(11)23-15;/h10H,1-9,17H2,(H,18,21);1H. The van der Waals surface area contributed by atoms with Crippen LogP contribution >= 0.6 is 23.7 Å². The van der Waals surface area contributed by atoms with Crippen LogP contribution in [0.4, 0.5) is 0 Å². The van der Waals surface area contributed by atoms with Crippen molar-refractivity contribution >= 4 is 39.9 Å². The van der Waals surface area contributed by atoms with E-state index in [0.717, 1.165) is 35.9 Å². The summed E-state index contributed by atoms with van der Waals surface area (Å²) in [6.07, 6.45) is 6.97. The third kappa shape index (κ3) is 3.96. The number of nitrogens with one attached hydrogen (secondary N) is 1. The molecule has 0 spiro atoms. The van der Waals surface area contributed by atoms with Crippen molar-refractivity contribution in [2.45, 2.75) is 45.1 Å². The first-order valence-electron chi connectivity index (χ1n) is 8.17. The highest BCUT2D eigenvalue weighted by molar-refractivity contribution is 7.18. The maximum Gasteiger partial charge on any atom is 0.262 e. The molecule has 3 rings (SSSR count). The van der Waals surface area contributed by atoms with E-state index in [2.05, 4.69) is 10.3 Å². The fourth-order valence-corrected chi connectivity index (χ4v) is 4.20. The Hall–Kier alpha value is -1.44. The number of carbonyl (C=O) groups is 1. The molecule has 1 amide bonds. The van der Waals surface area contributed by atoms with Gasteiger partial charge in [-0.2, -0.15) is 0 Å². The van der Waals surface area contributed by atoms with Crippen LogP contribution in [0.1, 0.15) is 36.1 Å². The van der Waals surface area contributed by atoms with E-state index in [1.165, 1.54) is 16.9 Å². The minimum Gasteiger partial charge on any atom is -0.356 e. The number of carbonyl (C=O) groups excluding carboxylic acids is 1. The molecule has 0 saturated carbocycles. The second-order valence-corrected chi connectivity index (χ2v) is 6.96. The molecular formula is C16H23ClN4O2S. The normalized spacial score (nSPS) is 13.4. The van der Waals surface area contributed by atoms with Crippen molar-refractivity contribution in [1.29, 1.82) is 0 Å². The van der Waals surface area contributed by atoms with Crippen LogP contribution in [0, 0.1) is 0 Å². The number of nitrogens with two attached hydrogens (primary N) is 1. The zero-order valence-corrected chi connectivity index (χ0v) is 15.2. The summed E-state index contributed by atoms with van der Waals surface area (Å²) in [5, 5.41) is 3.58. The molecule has 2 aromatic rings. The molecule has 0 aliphatic heterocycles. The molecule has 1 aliphatic carbocycles. The molecule has 6 nitrogen and oxygen atoms in total. The number of hydrogen-bond acceptors (Lipinski definition) is 5. The predicted octanol–water partition coefficient (Wildman–Crippen LogP) is 1.61. The van der Waals surface area contributed by atoms with E-state index in [-0.39, 0.29) is 30.3 Å². The summed E-state index contributed by atoms with van der Waals surface area (Å²) in [6.45, 7) is 1.50. The molecule has 1 aliphatic rings. The van der Waals surface area contributed by atoms with Crippen LogP contribution in [0.3, 0.4) is 0 Å². The molecular weight excluding hydrogens is 348 g/mol. The van der Waals surface area contributed by atoms with E-state index in [4.69, 9.17) is 5.73 Å². The van der Waals surface area contributed by atoms with Gasteiger partial charge in [0.2, 0.25) is 5.91 Å². The van der Waals surface area contributed by atoms with Crippen molar-refractivity contribution in [1.82, 2.24) is 14.9 Å². The topological polar surface area (TPSA) is 90.0 Å². The van der Waals surface area contributed by atoms with Gasteiger partial charge in [-0.15, -0.1) is 23.7 Å². The number of rotatable bonds is 6. The van der Waals surface area contributed by atoms with Gasteiger partial charge < -0.3 is 11.1 Å². The predicted molar refractivity (Wildman–Crippen MR) is 99.1 cm³/mol. The quantitative estimate of drug-likeness (QED) is 0.756. The summed E-state index contributed by atoms with van der Waals surface area (Å²) < 4.78 is 1.56. The Morgan fingerprint density at radius 3 is 2.96 bits per heavy atom. The van der Waals surface area contributed by atoms with Crippen molar-refractivity contribution < 1.29 is 4.79 Å². The molecule has 0 aromatic carbocycles. The molecule has 0 atom stereocenters. The molecule has 2 heterocycles. The Labute approximate surface area is 150 Å². The number of thiophene rings is 1. The lowest BCUT2D eigenvalue weighted by atomic mass is 9.97. The van der Waals surface area contributed by atoms with E-state index >= 15 is 0 Å². The average molecular weight is 371 g/mol. The number of aromatic nitrogens is 2. The van der Waals surface area contributed by atoms with Gasteiger partial charge in [-0.1, -0.05) is 0 Å². The Kier molecular flexibility index (Phi) is 6.77. The van der Waals surface area contributed by atoms with Crippen molar-refractivity contribution in [3.05, 3.63) is 27.1 Å². The van der Waals surface area contributed by atoms with Crippen LogP contribution in [0.5, 0.6) is 0 Å². The van der Waals surface area contributed by atoms with Gasteiger partial charge in [0.15, 0.2) is 0 Å². The van der Waals surface area contributed by atoms with Crippen LogP contribution in [-0.4, -0.2) is 28.5 Å². The van der Waals surface area contributed by atoms with Crippen molar-refractivity contribution in [2.24, 2.45) is 5.73 Å². The minimum absolute atomic E-state index is 0. The lowest BCUT2D eigenvalue weighted by Gasteiger charge is -2.10. The molecule has 0 fully saturated rings. The van der Waals surface area contributed by atoms with Crippen LogP contribution < -0.4 is 16.6 Å². The van der Waals surface area contributed by atoms with E-state index in [1.54, 1.807) is 22.2 Å². The summed E-state index contributed by atoms with van der Waals surface area (Å²) in [5.74, 6) is -0.0576. The maximum absolute atomic E-state index is 12.7. The zero-order chi connectivity index (χ0) is 16.2. The molecule has 24 heavy (non-hydrogen) atoms. The number of hydrogen-bond donors (Lipinski definition) is 2. The highest BCUT2D eigenvalue weighted by Gasteiger charge is 2.19. The van der Waals surface area contributed by atoms with Crippen LogP contribution in [-0.2, 0) is 24.2 Å². The minimum atomic E-state index is -0.0576. The van der Waals surface area contributed by atoms with Gasteiger partial charge in [0.25, 0.3) is 5.56 Å². The van der Waals surface area contributed by atoms with E-state index in [9.17, 15) is 9.59 Å². The molecule has 0 unspecified atom stereocenters. The summed E-state index contributed by atoms with van der Waals surface area (Å²) in [7, 11) is 0. The highest BCUT2D eigenvalue weighted by Crippen LogP contribution is 2.33. The number of amides is 1. The molecule has 3 N–H and O–H groups in total. The third-order valence-corrected chi connectivity index (χ3v) is 5.42. The molecule has 2 aromatic heterocycles. The van der Waals surface area contributed by atoms with Crippen molar-refractivity contribution in [3.63, 3.8) is 0 Å². The Bertz CT molecular complexity index is 771. The van der Waals surface area contributed by atoms with Gasteiger partial charge in [0.1, 0.15) is 4.83 Å². The van der Waals surface area contributed by atoms with Crippen LogP contribution in [0.25, 0.3) is 10.2 Å².